The fourth-order valence-corrected chi connectivity index (χ4v) is 5.81. The van der Waals surface area contributed by atoms with Gasteiger partial charge in [0.05, 0.1) is 77.2 Å². The molecule has 0 aromatic heterocycles. The van der Waals surface area contributed by atoms with Crippen LogP contribution in [-0.2, 0) is 28.4 Å². The Balaban J connectivity index is 1.03. The highest BCUT2D eigenvalue weighted by molar-refractivity contribution is 5.88. The average molecular weight is 843 g/mol. The van der Waals surface area contributed by atoms with Gasteiger partial charge in [-0.3, -0.25) is 0 Å². The van der Waals surface area contributed by atoms with Crippen molar-refractivity contribution < 1.29 is 67.2 Å². The third-order valence-corrected chi connectivity index (χ3v) is 8.95. The van der Waals surface area contributed by atoms with Crippen LogP contribution in [0.15, 0.2) is 91.0 Å². The Morgan fingerprint density at radius 1 is 0.607 bits per heavy atom. The fourth-order valence-electron chi connectivity index (χ4n) is 5.81. The van der Waals surface area contributed by atoms with Crippen LogP contribution in [0, 0.1) is 0 Å². The van der Waals surface area contributed by atoms with Gasteiger partial charge in [0.25, 0.3) is 0 Å². The minimum absolute atomic E-state index is 0.197. The molecule has 0 amide bonds. The SMILES string of the molecule is CCOCCOCCOc1ccc(OCCOCCOCCOCCOc2cc3c(cc2/C=C/c2ccc(C(=O)O)cc2)OCCOC(c2ccc(C(=O)O)cc2)C=C3)cc1. The molecule has 0 fully saturated rings. The second kappa shape index (κ2) is 26.5. The monoisotopic (exact) mass is 842 g/mol. The number of rotatable bonds is 27. The molecular formula is C47H54O14. The molecule has 326 valence electrons. The van der Waals surface area contributed by atoms with Gasteiger partial charge < -0.3 is 57.6 Å². The standard InChI is InChI=1S/C47H54O14/c1-2-52-19-20-54-25-28-57-41-14-16-42(17-15-41)58-29-26-55-23-21-53-22-24-56-27-30-60-44-34-40-13-18-43(36-9-11-38(12-10-36)47(50)51)59-31-32-61-45(40)33-39(44)8-5-35-3-6-37(7-4-35)46(48)49/h3-18,33-34,43H,2,19-32H2,1H3,(H,48,49)(H,50,51)/b8-5+,18-13?. The minimum Gasteiger partial charge on any atom is -0.491 e. The lowest BCUT2D eigenvalue weighted by atomic mass is 10.0. The lowest BCUT2D eigenvalue weighted by molar-refractivity contribution is 0.00497. The van der Waals surface area contributed by atoms with E-state index in [1.165, 1.54) is 0 Å². The normalized spacial score (nSPS) is 13.8. The first-order valence-corrected chi connectivity index (χ1v) is 20.2. The van der Waals surface area contributed by atoms with Crippen molar-refractivity contribution in [1.82, 2.24) is 0 Å². The molecule has 14 nitrogen and oxygen atoms in total. The van der Waals surface area contributed by atoms with E-state index < -0.39 is 18.0 Å². The van der Waals surface area contributed by atoms with Crippen molar-refractivity contribution in [3.8, 4) is 23.0 Å². The van der Waals surface area contributed by atoms with Gasteiger partial charge in [-0.25, -0.2) is 9.59 Å². The number of fused-ring (bicyclic) bond motifs is 1. The second-order valence-corrected chi connectivity index (χ2v) is 13.3. The summed E-state index contributed by atoms with van der Waals surface area (Å²) in [7, 11) is 0. The van der Waals surface area contributed by atoms with Crippen molar-refractivity contribution in [1.29, 1.82) is 0 Å². The number of ether oxygens (including phenoxy) is 10. The number of benzene rings is 4. The van der Waals surface area contributed by atoms with Gasteiger partial charge >= 0.3 is 11.9 Å². The average Bonchev–Trinajstić information content (AvgIpc) is 3.37. The highest BCUT2D eigenvalue weighted by atomic mass is 16.6. The Kier molecular flexibility index (Phi) is 20.1. The molecule has 2 N–H and O–H groups in total. The summed E-state index contributed by atoms with van der Waals surface area (Å²) in [5.41, 5.74) is 3.54. The van der Waals surface area contributed by atoms with Crippen molar-refractivity contribution in [2.75, 3.05) is 99.1 Å². The van der Waals surface area contributed by atoms with Crippen LogP contribution >= 0.6 is 0 Å². The van der Waals surface area contributed by atoms with Gasteiger partial charge in [-0.05, 0) is 78.7 Å². The van der Waals surface area contributed by atoms with Crippen LogP contribution in [-0.4, -0.2) is 121 Å². The van der Waals surface area contributed by atoms with Crippen LogP contribution < -0.4 is 18.9 Å². The van der Waals surface area contributed by atoms with E-state index in [1.807, 2.05) is 67.6 Å². The number of hydrogen-bond acceptors (Lipinski definition) is 12. The summed E-state index contributed by atoms with van der Waals surface area (Å²) >= 11 is 0. The molecule has 1 aliphatic heterocycles. The van der Waals surface area contributed by atoms with E-state index in [1.54, 1.807) is 48.5 Å². The quantitative estimate of drug-likeness (QED) is 0.0452. The molecule has 5 rings (SSSR count). The van der Waals surface area contributed by atoms with E-state index in [0.717, 1.165) is 33.8 Å². The molecule has 0 radical (unpaired) electrons. The minimum atomic E-state index is -0.995. The summed E-state index contributed by atoms with van der Waals surface area (Å²) in [5, 5.41) is 18.6. The number of carboxylic acids is 2. The molecule has 1 atom stereocenters. The van der Waals surface area contributed by atoms with Crippen LogP contribution in [0.1, 0.15) is 56.0 Å². The maximum Gasteiger partial charge on any atom is 0.335 e. The fraction of sp³-hybridized carbons (Fsp3) is 0.362. The predicted molar refractivity (Wildman–Crippen MR) is 228 cm³/mol. The Morgan fingerprint density at radius 3 is 1.66 bits per heavy atom. The van der Waals surface area contributed by atoms with Gasteiger partial charge in [-0.2, -0.15) is 0 Å². The zero-order valence-electron chi connectivity index (χ0n) is 34.4. The number of hydrogen-bond donors (Lipinski definition) is 2. The van der Waals surface area contributed by atoms with E-state index in [9.17, 15) is 19.8 Å². The largest absolute Gasteiger partial charge is 0.491 e. The predicted octanol–water partition coefficient (Wildman–Crippen LogP) is 7.36. The molecule has 0 saturated carbocycles. The lowest BCUT2D eigenvalue weighted by Crippen LogP contribution is -2.14. The van der Waals surface area contributed by atoms with Crippen molar-refractivity contribution >= 4 is 30.2 Å². The summed E-state index contributed by atoms with van der Waals surface area (Å²) in [5.74, 6) is 0.702. The first kappa shape index (κ1) is 46.3. The lowest BCUT2D eigenvalue weighted by Gasteiger charge is -2.15. The van der Waals surface area contributed by atoms with Crippen LogP contribution in [0.3, 0.4) is 0 Å². The van der Waals surface area contributed by atoms with E-state index in [0.29, 0.717) is 97.4 Å². The molecule has 0 bridgehead atoms. The molecule has 1 unspecified atom stereocenters. The van der Waals surface area contributed by atoms with E-state index >= 15 is 0 Å². The Labute approximate surface area is 356 Å². The van der Waals surface area contributed by atoms with E-state index in [-0.39, 0.29) is 24.3 Å². The molecule has 0 spiro atoms. The Bertz CT molecular complexity index is 1960. The summed E-state index contributed by atoms with van der Waals surface area (Å²) in [6.45, 7) is 8.33. The maximum atomic E-state index is 11.3. The van der Waals surface area contributed by atoms with Crippen molar-refractivity contribution in [2.45, 2.75) is 13.0 Å². The zero-order valence-corrected chi connectivity index (χ0v) is 34.4. The second-order valence-electron chi connectivity index (χ2n) is 13.3. The van der Waals surface area contributed by atoms with Crippen LogP contribution in [0.2, 0.25) is 0 Å². The highest BCUT2D eigenvalue weighted by Crippen LogP contribution is 2.34. The molecule has 14 heteroatoms. The van der Waals surface area contributed by atoms with Crippen LogP contribution in [0.25, 0.3) is 18.2 Å². The molecule has 61 heavy (non-hydrogen) atoms. The van der Waals surface area contributed by atoms with Crippen molar-refractivity contribution in [3.05, 3.63) is 124 Å². The molecule has 4 aromatic carbocycles. The molecule has 1 heterocycles. The third-order valence-electron chi connectivity index (χ3n) is 8.95. The highest BCUT2D eigenvalue weighted by Gasteiger charge is 2.16. The summed E-state index contributed by atoms with van der Waals surface area (Å²) in [6.07, 6.45) is 7.13. The van der Waals surface area contributed by atoms with Crippen LogP contribution in [0.4, 0.5) is 0 Å². The Morgan fingerprint density at radius 2 is 1.11 bits per heavy atom. The number of carbonyl (C=O) groups is 2. The van der Waals surface area contributed by atoms with E-state index in [4.69, 9.17) is 47.4 Å². The molecule has 1 aliphatic rings. The first-order valence-electron chi connectivity index (χ1n) is 20.2. The van der Waals surface area contributed by atoms with Gasteiger partial charge in [0.2, 0.25) is 0 Å². The molecular weight excluding hydrogens is 789 g/mol. The summed E-state index contributed by atoms with van der Waals surface area (Å²) in [4.78, 5) is 22.7. The Hall–Kier alpha value is -5.74. The summed E-state index contributed by atoms with van der Waals surface area (Å²) in [6, 6.07) is 24.3. The van der Waals surface area contributed by atoms with Gasteiger partial charge in [0.1, 0.15) is 55.5 Å². The van der Waals surface area contributed by atoms with Crippen molar-refractivity contribution in [2.24, 2.45) is 0 Å². The topological polar surface area (TPSA) is 167 Å². The molecule has 0 saturated heterocycles. The zero-order chi connectivity index (χ0) is 42.9. The smallest absolute Gasteiger partial charge is 0.335 e. The molecule has 4 aromatic rings. The van der Waals surface area contributed by atoms with Crippen molar-refractivity contribution in [3.63, 3.8) is 0 Å². The number of carboxylic acid groups (broad SMARTS) is 2. The van der Waals surface area contributed by atoms with Gasteiger partial charge in [-0.15, -0.1) is 0 Å². The van der Waals surface area contributed by atoms with Gasteiger partial charge in [0.15, 0.2) is 0 Å². The number of aromatic carboxylic acids is 2. The van der Waals surface area contributed by atoms with Gasteiger partial charge in [0, 0.05) is 17.7 Å². The maximum absolute atomic E-state index is 11.3. The van der Waals surface area contributed by atoms with Gasteiger partial charge in [-0.1, -0.05) is 48.6 Å². The summed E-state index contributed by atoms with van der Waals surface area (Å²) < 4.78 is 57.5. The van der Waals surface area contributed by atoms with E-state index in [2.05, 4.69) is 0 Å². The van der Waals surface area contributed by atoms with Crippen LogP contribution in [0.5, 0.6) is 23.0 Å². The third kappa shape index (κ3) is 16.7. The molecule has 0 aliphatic carbocycles. The first-order chi connectivity index (χ1) is 29.9.